The third-order valence-corrected chi connectivity index (χ3v) is 3.24. The molecule has 0 aromatic rings. The zero-order valence-electron chi connectivity index (χ0n) is 8.99. The van der Waals surface area contributed by atoms with Crippen LogP contribution in [0.15, 0.2) is 24.4 Å². The maximum absolute atomic E-state index is 2.54. The Morgan fingerprint density at radius 2 is 1.79 bits per heavy atom. The number of allylic oxidation sites excluding steroid dienone is 2. The molecule has 0 N–H and O–H groups in total. The van der Waals surface area contributed by atoms with E-state index in [1.807, 2.05) is 0 Å². The van der Waals surface area contributed by atoms with Gasteiger partial charge in [0, 0.05) is 12.6 Å². The highest BCUT2D eigenvalue weighted by Gasteiger charge is 2.14. The zero-order valence-corrected chi connectivity index (χ0v) is 8.99. The van der Waals surface area contributed by atoms with Crippen molar-refractivity contribution in [3.63, 3.8) is 0 Å². The molecule has 0 fully saturated rings. The lowest BCUT2D eigenvalue weighted by molar-refractivity contribution is 0.303. The third-order valence-electron chi connectivity index (χ3n) is 3.24. The van der Waals surface area contributed by atoms with Gasteiger partial charge >= 0.3 is 0 Å². The molecule has 0 saturated heterocycles. The molecule has 14 heavy (non-hydrogen) atoms. The molecule has 0 spiro atoms. The van der Waals surface area contributed by atoms with Gasteiger partial charge in [-0.1, -0.05) is 24.6 Å². The van der Waals surface area contributed by atoms with E-state index in [0.29, 0.717) is 6.04 Å². The van der Waals surface area contributed by atoms with Crippen LogP contribution in [0.3, 0.4) is 0 Å². The van der Waals surface area contributed by atoms with E-state index in [0.717, 1.165) is 0 Å². The van der Waals surface area contributed by atoms with Gasteiger partial charge in [0.05, 0.1) is 0 Å². The van der Waals surface area contributed by atoms with Crippen LogP contribution in [0.25, 0.3) is 0 Å². The number of hydrogen-bond donors (Lipinski definition) is 0. The van der Waals surface area contributed by atoms with Crippen LogP contribution in [0, 0.1) is 0 Å². The van der Waals surface area contributed by atoms with E-state index in [9.17, 15) is 0 Å². The van der Waals surface area contributed by atoms with Crippen molar-refractivity contribution in [2.75, 3.05) is 6.54 Å². The van der Waals surface area contributed by atoms with Crippen LogP contribution in [-0.4, -0.2) is 17.5 Å². The molecule has 1 unspecified atom stereocenters. The largest absolute Gasteiger partial charge is 0.371 e. The summed E-state index contributed by atoms with van der Waals surface area (Å²) < 4.78 is 0. The summed E-state index contributed by atoms with van der Waals surface area (Å²) >= 11 is 0. The van der Waals surface area contributed by atoms with Gasteiger partial charge < -0.3 is 4.90 Å². The first-order valence-electron chi connectivity index (χ1n) is 6.06. The molecule has 1 atom stereocenters. The molecule has 0 aromatic carbocycles. The van der Waals surface area contributed by atoms with E-state index < -0.39 is 0 Å². The van der Waals surface area contributed by atoms with Crippen LogP contribution in [0.1, 0.15) is 44.9 Å². The zero-order chi connectivity index (χ0) is 9.64. The van der Waals surface area contributed by atoms with Gasteiger partial charge in [-0.15, -0.1) is 0 Å². The predicted molar refractivity (Wildman–Crippen MR) is 61.1 cm³/mol. The van der Waals surface area contributed by atoms with E-state index in [-0.39, 0.29) is 0 Å². The van der Waals surface area contributed by atoms with Crippen LogP contribution in [0.2, 0.25) is 0 Å². The Bertz CT molecular complexity index is 193. The summed E-state index contributed by atoms with van der Waals surface area (Å²) in [6.45, 7) is 1.26. The maximum Gasteiger partial charge on any atom is 0.0467 e. The summed E-state index contributed by atoms with van der Waals surface area (Å²) in [4.78, 5) is 2.54. The summed E-state index contributed by atoms with van der Waals surface area (Å²) in [5, 5.41) is 0. The monoisotopic (exact) mass is 191 g/mol. The SMILES string of the molecule is C1=CC(N2C=CCCCC2)CCCC1. The molecule has 1 aliphatic heterocycles. The molecular formula is C13H21N. The number of rotatable bonds is 1. The molecule has 0 saturated carbocycles. The lowest BCUT2D eigenvalue weighted by Crippen LogP contribution is -2.29. The average molecular weight is 191 g/mol. The van der Waals surface area contributed by atoms with Crippen LogP contribution in [-0.2, 0) is 0 Å². The highest BCUT2D eigenvalue weighted by Crippen LogP contribution is 2.19. The van der Waals surface area contributed by atoms with Gasteiger partial charge in [0.2, 0.25) is 0 Å². The Labute approximate surface area is 87.5 Å². The molecule has 0 bridgehead atoms. The number of hydrogen-bond acceptors (Lipinski definition) is 1. The predicted octanol–water partition coefficient (Wildman–Crippen LogP) is 3.48. The highest BCUT2D eigenvalue weighted by atomic mass is 15.1. The van der Waals surface area contributed by atoms with Crippen molar-refractivity contribution >= 4 is 0 Å². The van der Waals surface area contributed by atoms with Crippen LogP contribution < -0.4 is 0 Å². The molecule has 1 aliphatic carbocycles. The van der Waals surface area contributed by atoms with Gasteiger partial charge in [-0.3, -0.25) is 0 Å². The fourth-order valence-corrected chi connectivity index (χ4v) is 2.36. The lowest BCUT2D eigenvalue weighted by atomic mass is 10.1. The molecule has 78 valence electrons. The highest BCUT2D eigenvalue weighted by molar-refractivity contribution is 5.01. The lowest BCUT2D eigenvalue weighted by Gasteiger charge is -2.27. The maximum atomic E-state index is 2.54. The van der Waals surface area contributed by atoms with Gasteiger partial charge in [0.1, 0.15) is 0 Å². The van der Waals surface area contributed by atoms with Crippen molar-refractivity contribution in [3.8, 4) is 0 Å². The fraction of sp³-hybridized carbons (Fsp3) is 0.692. The second kappa shape index (κ2) is 5.23. The Hall–Kier alpha value is -0.720. The molecule has 2 rings (SSSR count). The average Bonchev–Trinajstić information content (AvgIpc) is 2.62. The first kappa shape index (κ1) is 9.82. The van der Waals surface area contributed by atoms with Crippen LogP contribution >= 0.6 is 0 Å². The molecule has 1 nitrogen and oxygen atoms in total. The molecule has 2 aliphatic rings. The summed E-state index contributed by atoms with van der Waals surface area (Å²) in [7, 11) is 0. The normalized spacial score (nSPS) is 28.6. The summed E-state index contributed by atoms with van der Waals surface area (Å²) in [6, 6.07) is 0.687. The summed E-state index contributed by atoms with van der Waals surface area (Å²) in [6.07, 6.45) is 18.9. The summed E-state index contributed by atoms with van der Waals surface area (Å²) in [5.74, 6) is 0. The van der Waals surface area contributed by atoms with Gasteiger partial charge in [-0.2, -0.15) is 0 Å². The first-order chi connectivity index (χ1) is 6.97. The van der Waals surface area contributed by atoms with Crippen molar-refractivity contribution in [3.05, 3.63) is 24.4 Å². The van der Waals surface area contributed by atoms with Crippen LogP contribution in [0.4, 0.5) is 0 Å². The molecular weight excluding hydrogens is 170 g/mol. The van der Waals surface area contributed by atoms with Crippen LogP contribution in [0.5, 0.6) is 0 Å². The minimum Gasteiger partial charge on any atom is -0.371 e. The Kier molecular flexibility index (Phi) is 3.67. The van der Waals surface area contributed by atoms with E-state index in [2.05, 4.69) is 29.3 Å². The second-order valence-electron chi connectivity index (χ2n) is 4.40. The Balaban J connectivity index is 1.96. The minimum absolute atomic E-state index is 0.687. The van der Waals surface area contributed by atoms with Gasteiger partial charge in [-0.05, 0) is 44.7 Å². The number of nitrogens with zero attached hydrogens (tertiary/aromatic N) is 1. The third kappa shape index (κ3) is 2.63. The smallest absolute Gasteiger partial charge is 0.0467 e. The Morgan fingerprint density at radius 3 is 2.79 bits per heavy atom. The van der Waals surface area contributed by atoms with Gasteiger partial charge in [0.25, 0.3) is 0 Å². The molecule has 1 heteroatoms. The topological polar surface area (TPSA) is 3.24 Å². The van der Waals surface area contributed by atoms with Crippen molar-refractivity contribution in [1.82, 2.24) is 4.90 Å². The van der Waals surface area contributed by atoms with E-state index in [1.165, 1.54) is 51.5 Å². The quantitative estimate of drug-likeness (QED) is 0.573. The Morgan fingerprint density at radius 1 is 0.929 bits per heavy atom. The van der Waals surface area contributed by atoms with E-state index in [4.69, 9.17) is 0 Å². The fourth-order valence-electron chi connectivity index (χ4n) is 2.36. The standard InChI is InChI=1S/C13H21N/c1-2-6-10-13(9-5-1)14-11-7-3-4-8-12-14/h5,7,9,11,13H,1-4,6,8,10,12H2. The van der Waals surface area contributed by atoms with Crippen molar-refractivity contribution in [2.45, 2.75) is 51.0 Å². The summed E-state index contributed by atoms with van der Waals surface area (Å²) in [5.41, 5.74) is 0. The van der Waals surface area contributed by atoms with Crippen molar-refractivity contribution in [2.24, 2.45) is 0 Å². The van der Waals surface area contributed by atoms with Gasteiger partial charge in [0.15, 0.2) is 0 Å². The minimum atomic E-state index is 0.687. The van der Waals surface area contributed by atoms with Crippen molar-refractivity contribution in [1.29, 1.82) is 0 Å². The van der Waals surface area contributed by atoms with Crippen molar-refractivity contribution < 1.29 is 0 Å². The second-order valence-corrected chi connectivity index (χ2v) is 4.40. The first-order valence-corrected chi connectivity index (χ1v) is 6.06. The molecule has 0 radical (unpaired) electrons. The van der Waals surface area contributed by atoms with Gasteiger partial charge in [-0.25, -0.2) is 0 Å². The molecule has 0 amide bonds. The molecule has 0 aromatic heterocycles. The van der Waals surface area contributed by atoms with E-state index >= 15 is 0 Å². The van der Waals surface area contributed by atoms with E-state index in [1.54, 1.807) is 0 Å². The molecule has 1 heterocycles.